The molecule has 2 N–H and O–H groups in total. The molecular formula is C11H11F2N3O4. The van der Waals surface area contributed by atoms with Gasteiger partial charge in [0, 0.05) is 18.7 Å². The lowest BCUT2D eigenvalue weighted by Crippen LogP contribution is -2.38. The number of urea groups is 1. The zero-order chi connectivity index (χ0) is 14.7. The second-order valence-electron chi connectivity index (χ2n) is 4.20. The van der Waals surface area contributed by atoms with E-state index in [0.29, 0.717) is 31.8 Å². The van der Waals surface area contributed by atoms with Gasteiger partial charge in [-0.15, -0.1) is 0 Å². The Morgan fingerprint density at radius 3 is 2.75 bits per heavy atom. The molecule has 1 unspecified atom stereocenters. The van der Waals surface area contributed by atoms with Gasteiger partial charge >= 0.3 is 11.7 Å². The second kappa shape index (κ2) is 5.78. The number of hydrogen-bond acceptors (Lipinski definition) is 4. The van der Waals surface area contributed by atoms with Crippen LogP contribution in [0.25, 0.3) is 0 Å². The molecule has 7 nitrogen and oxygen atoms in total. The third-order valence-corrected chi connectivity index (χ3v) is 2.75. The predicted molar refractivity (Wildman–Crippen MR) is 64.4 cm³/mol. The van der Waals surface area contributed by atoms with E-state index in [-0.39, 0.29) is 6.04 Å². The van der Waals surface area contributed by atoms with Crippen molar-refractivity contribution in [3.8, 4) is 0 Å². The van der Waals surface area contributed by atoms with E-state index in [1.54, 1.807) is 0 Å². The molecule has 2 rings (SSSR count). The summed E-state index contributed by atoms with van der Waals surface area (Å²) in [4.78, 5) is 21.1. The van der Waals surface area contributed by atoms with Crippen LogP contribution in [-0.2, 0) is 4.74 Å². The highest BCUT2D eigenvalue weighted by Crippen LogP contribution is 2.25. The van der Waals surface area contributed by atoms with Crippen molar-refractivity contribution in [1.82, 2.24) is 5.32 Å². The van der Waals surface area contributed by atoms with Crippen LogP contribution in [0, 0.1) is 21.7 Å². The first kappa shape index (κ1) is 14.1. The molecule has 0 saturated carbocycles. The molecule has 108 valence electrons. The first-order valence-corrected chi connectivity index (χ1v) is 5.76. The van der Waals surface area contributed by atoms with Gasteiger partial charge in [-0.3, -0.25) is 10.1 Å². The fourth-order valence-corrected chi connectivity index (χ4v) is 1.77. The summed E-state index contributed by atoms with van der Waals surface area (Å²) in [6, 6.07) is 0.0516. The maximum Gasteiger partial charge on any atom is 0.319 e. The van der Waals surface area contributed by atoms with Crippen LogP contribution in [0.5, 0.6) is 0 Å². The van der Waals surface area contributed by atoms with Crippen molar-refractivity contribution >= 4 is 17.4 Å². The Kier molecular flexibility index (Phi) is 4.08. The number of benzene rings is 1. The molecule has 2 amide bonds. The standard InChI is InChI=1S/C11H11F2N3O4/c12-7-3-8(13)10(16(18)19)4-9(7)15-11(17)14-6-1-2-20-5-6/h3-4,6H,1-2,5H2,(H2,14,15,17). The lowest BCUT2D eigenvalue weighted by atomic mass is 10.2. The number of halogens is 2. The number of hydrogen-bond donors (Lipinski definition) is 2. The molecule has 20 heavy (non-hydrogen) atoms. The molecule has 0 radical (unpaired) electrons. The molecule has 1 saturated heterocycles. The number of nitrogens with zero attached hydrogens (tertiary/aromatic N) is 1. The van der Waals surface area contributed by atoms with E-state index < -0.39 is 34.0 Å². The molecule has 1 aromatic carbocycles. The molecule has 0 bridgehead atoms. The van der Waals surface area contributed by atoms with Crippen molar-refractivity contribution in [2.45, 2.75) is 12.5 Å². The van der Waals surface area contributed by atoms with E-state index in [9.17, 15) is 23.7 Å². The van der Waals surface area contributed by atoms with E-state index in [0.717, 1.165) is 0 Å². The summed E-state index contributed by atoms with van der Waals surface area (Å²) in [7, 11) is 0. The van der Waals surface area contributed by atoms with Crippen LogP contribution in [0.2, 0.25) is 0 Å². The normalized spacial score (nSPS) is 17.8. The maximum absolute atomic E-state index is 13.4. The van der Waals surface area contributed by atoms with Gasteiger partial charge < -0.3 is 15.4 Å². The van der Waals surface area contributed by atoms with Crippen molar-refractivity contribution in [2.24, 2.45) is 0 Å². The molecular weight excluding hydrogens is 276 g/mol. The Labute approximate surface area is 112 Å². The first-order chi connectivity index (χ1) is 9.47. The predicted octanol–water partition coefficient (Wildman–Crippen LogP) is 1.78. The third kappa shape index (κ3) is 3.18. The summed E-state index contributed by atoms with van der Waals surface area (Å²) >= 11 is 0. The molecule has 9 heteroatoms. The van der Waals surface area contributed by atoms with Crippen LogP contribution in [0.4, 0.5) is 25.0 Å². The SMILES string of the molecule is O=C(Nc1cc([N+](=O)[O-])c(F)cc1F)NC1CCOC1. The number of rotatable bonds is 3. The summed E-state index contributed by atoms with van der Waals surface area (Å²) in [5.74, 6) is -2.39. The highest BCUT2D eigenvalue weighted by Gasteiger charge is 2.21. The molecule has 1 atom stereocenters. The largest absolute Gasteiger partial charge is 0.379 e. The average Bonchev–Trinajstić information content (AvgIpc) is 2.84. The maximum atomic E-state index is 13.4. The van der Waals surface area contributed by atoms with E-state index in [2.05, 4.69) is 10.6 Å². The minimum absolute atomic E-state index is 0.200. The average molecular weight is 287 g/mol. The first-order valence-electron chi connectivity index (χ1n) is 5.76. The van der Waals surface area contributed by atoms with Gasteiger partial charge in [0.05, 0.1) is 23.3 Å². The van der Waals surface area contributed by atoms with Crippen LogP contribution in [0.15, 0.2) is 12.1 Å². The van der Waals surface area contributed by atoms with Crippen LogP contribution in [0.3, 0.4) is 0 Å². The minimum Gasteiger partial charge on any atom is -0.379 e. The molecule has 1 aromatic rings. The number of nitro groups is 1. The Morgan fingerprint density at radius 2 is 2.15 bits per heavy atom. The van der Waals surface area contributed by atoms with Gasteiger partial charge in [-0.05, 0) is 6.42 Å². The summed E-state index contributed by atoms with van der Waals surface area (Å²) < 4.78 is 31.6. The number of carbonyl (C=O) groups excluding carboxylic acids is 1. The lowest BCUT2D eigenvalue weighted by molar-refractivity contribution is -0.387. The van der Waals surface area contributed by atoms with E-state index in [1.165, 1.54) is 0 Å². The zero-order valence-corrected chi connectivity index (χ0v) is 10.2. The summed E-state index contributed by atoms with van der Waals surface area (Å²) in [5.41, 5.74) is -1.37. The van der Waals surface area contributed by atoms with Crippen molar-refractivity contribution in [3.63, 3.8) is 0 Å². The van der Waals surface area contributed by atoms with E-state index in [4.69, 9.17) is 4.74 Å². The van der Waals surface area contributed by atoms with Crippen molar-refractivity contribution in [1.29, 1.82) is 0 Å². The van der Waals surface area contributed by atoms with E-state index in [1.807, 2.05) is 0 Å². The van der Waals surface area contributed by atoms with Crippen molar-refractivity contribution in [2.75, 3.05) is 18.5 Å². The van der Waals surface area contributed by atoms with Gasteiger partial charge in [0.1, 0.15) is 5.82 Å². The summed E-state index contributed by atoms with van der Waals surface area (Å²) in [6.45, 7) is 0.862. The topological polar surface area (TPSA) is 93.5 Å². The number of amides is 2. The molecule has 0 aliphatic carbocycles. The smallest absolute Gasteiger partial charge is 0.319 e. The quantitative estimate of drug-likeness (QED) is 0.654. The highest BCUT2D eigenvalue weighted by molar-refractivity contribution is 5.90. The number of ether oxygens (including phenoxy) is 1. The Bertz CT molecular complexity index is 547. The fraction of sp³-hybridized carbons (Fsp3) is 0.364. The zero-order valence-electron chi connectivity index (χ0n) is 10.2. The van der Waals surface area contributed by atoms with Gasteiger partial charge in [0.15, 0.2) is 0 Å². The lowest BCUT2D eigenvalue weighted by Gasteiger charge is -2.12. The number of nitro benzene ring substituents is 1. The number of nitrogens with one attached hydrogen (secondary N) is 2. The van der Waals surface area contributed by atoms with Crippen LogP contribution in [-0.4, -0.2) is 30.2 Å². The second-order valence-corrected chi connectivity index (χ2v) is 4.20. The molecule has 0 spiro atoms. The molecule has 1 fully saturated rings. The molecule has 1 heterocycles. The van der Waals surface area contributed by atoms with E-state index >= 15 is 0 Å². The Morgan fingerprint density at radius 1 is 1.40 bits per heavy atom. The van der Waals surface area contributed by atoms with Gasteiger partial charge in [-0.25, -0.2) is 9.18 Å². The summed E-state index contributed by atoms with van der Waals surface area (Å²) in [5, 5.41) is 15.2. The van der Waals surface area contributed by atoms with Crippen molar-refractivity contribution in [3.05, 3.63) is 33.9 Å². The van der Waals surface area contributed by atoms with Gasteiger partial charge in [0.2, 0.25) is 5.82 Å². The van der Waals surface area contributed by atoms with Crippen molar-refractivity contribution < 1.29 is 23.2 Å². The van der Waals surface area contributed by atoms with Gasteiger partial charge in [-0.1, -0.05) is 0 Å². The number of carbonyl (C=O) groups is 1. The molecule has 0 aromatic heterocycles. The monoisotopic (exact) mass is 287 g/mol. The minimum atomic E-state index is -1.30. The summed E-state index contributed by atoms with van der Waals surface area (Å²) in [6.07, 6.45) is 0.624. The van der Waals surface area contributed by atoms with Gasteiger partial charge in [0.25, 0.3) is 0 Å². The van der Waals surface area contributed by atoms with Crippen LogP contribution >= 0.6 is 0 Å². The fourth-order valence-electron chi connectivity index (χ4n) is 1.77. The van der Waals surface area contributed by atoms with Gasteiger partial charge in [-0.2, -0.15) is 4.39 Å². The Hall–Kier alpha value is -2.29. The highest BCUT2D eigenvalue weighted by atomic mass is 19.1. The van der Waals surface area contributed by atoms with Crippen LogP contribution in [0.1, 0.15) is 6.42 Å². The third-order valence-electron chi connectivity index (χ3n) is 2.75. The molecule has 1 aliphatic heterocycles. The molecule has 1 aliphatic rings. The van der Waals surface area contributed by atoms with Crippen LogP contribution < -0.4 is 10.6 Å². The number of anilines is 1. The Balaban J connectivity index is 2.09.